The highest BCUT2D eigenvalue weighted by molar-refractivity contribution is 5.12. The molecule has 3 aliphatic rings. The molecule has 0 amide bonds. The minimum Gasteiger partial charge on any atom is -0.0808 e. The molecule has 0 heterocycles. The van der Waals surface area contributed by atoms with Gasteiger partial charge in [0.05, 0.1) is 0 Å². The molecule has 1 fully saturated rings. The summed E-state index contributed by atoms with van der Waals surface area (Å²) >= 11 is 0. The zero-order valence-electron chi connectivity index (χ0n) is 8.15. The molecule has 0 atom stereocenters. The maximum absolute atomic E-state index is 2.12. The fourth-order valence-electron chi connectivity index (χ4n) is 0.786. The topological polar surface area (TPSA) is 0 Å². The van der Waals surface area contributed by atoms with Gasteiger partial charge in [0.25, 0.3) is 0 Å². The van der Waals surface area contributed by atoms with Crippen molar-refractivity contribution in [2.45, 2.75) is 32.1 Å². The molecule has 0 N–H and O–H groups in total. The standard InChI is InChI=1S/2C5H6.C3H6/c2*1-2-4-5-3-1;1-2-3-1/h2*1-4H,5H2;1-3H2. The van der Waals surface area contributed by atoms with Gasteiger partial charge in [0.2, 0.25) is 0 Å². The van der Waals surface area contributed by atoms with E-state index < -0.39 is 0 Å². The minimum absolute atomic E-state index is 1.14. The Morgan fingerprint density at radius 3 is 0.846 bits per heavy atom. The molecule has 3 aliphatic carbocycles. The Balaban J connectivity index is 0.000000101. The molecule has 0 heteroatoms. The SMILES string of the molecule is C1=CCC=C1.C1=CCC=C1.C1CC1. The highest BCUT2D eigenvalue weighted by Gasteiger charge is 1.95. The normalized spacial score (nSPS) is 19.1. The molecule has 0 nitrogen and oxygen atoms in total. The zero-order chi connectivity index (χ0) is 9.19. The Hall–Kier alpha value is -1.04. The van der Waals surface area contributed by atoms with Crippen LogP contribution in [0.5, 0.6) is 0 Å². The second kappa shape index (κ2) is 7.60. The average Bonchev–Trinajstić information content (AvgIpc) is 2.82. The Morgan fingerprint density at radius 1 is 0.462 bits per heavy atom. The fourth-order valence-corrected chi connectivity index (χ4v) is 0.786. The largest absolute Gasteiger partial charge is 0.0808 e. The number of hydrogen-bond donors (Lipinski definition) is 0. The molecule has 0 spiro atoms. The molecule has 0 aromatic rings. The van der Waals surface area contributed by atoms with Gasteiger partial charge in [-0.2, -0.15) is 0 Å². The summed E-state index contributed by atoms with van der Waals surface area (Å²) in [5.41, 5.74) is 0. The van der Waals surface area contributed by atoms with E-state index >= 15 is 0 Å². The van der Waals surface area contributed by atoms with Gasteiger partial charge in [-0.3, -0.25) is 0 Å². The average molecular weight is 174 g/mol. The van der Waals surface area contributed by atoms with Crippen LogP contribution in [0.25, 0.3) is 0 Å². The molecule has 0 aromatic heterocycles. The summed E-state index contributed by atoms with van der Waals surface area (Å²) in [4.78, 5) is 0. The van der Waals surface area contributed by atoms with Gasteiger partial charge in [-0.25, -0.2) is 0 Å². The molecule has 3 rings (SSSR count). The lowest BCUT2D eigenvalue weighted by molar-refractivity contribution is 1.45. The van der Waals surface area contributed by atoms with Crippen LogP contribution in [0, 0.1) is 0 Å². The second-order valence-corrected chi connectivity index (χ2v) is 3.24. The minimum atomic E-state index is 1.14. The number of allylic oxidation sites excluding steroid dienone is 8. The van der Waals surface area contributed by atoms with Gasteiger partial charge in [0.15, 0.2) is 0 Å². The molecule has 0 unspecified atom stereocenters. The molecule has 0 aromatic carbocycles. The van der Waals surface area contributed by atoms with Gasteiger partial charge >= 0.3 is 0 Å². The Labute approximate surface area is 81.4 Å². The first-order valence-corrected chi connectivity index (χ1v) is 5.13. The van der Waals surface area contributed by atoms with Crippen molar-refractivity contribution in [2.75, 3.05) is 0 Å². The van der Waals surface area contributed by atoms with Crippen molar-refractivity contribution < 1.29 is 0 Å². The first-order chi connectivity index (χ1) is 6.50. The molecule has 1 saturated carbocycles. The number of hydrogen-bond acceptors (Lipinski definition) is 0. The molecule has 0 radical (unpaired) electrons. The van der Waals surface area contributed by atoms with Crippen LogP contribution in [0.2, 0.25) is 0 Å². The van der Waals surface area contributed by atoms with Gasteiger partial charge in [-0.15, -0.1) is 0 Å². The highest BCUT2D eigenvalue weighted by atomic mass is 14.0. The maximum Gasteiger partial charge on any atom is -0.0163 e. The van der Waals surface area contributed by atoms with Crippen LogP contribution in [0.1, 0.15) is 32.1 Å². The monoisotopic (exact) mass is 174 g/mol. The van der Waals surface area contributed by atoms with Crippen LogP contribution in [0.3, 0.4) is 0 Å². The van der Waals surface area contributed by atoms with Gasteiger partial charge < -0.3 is 0 Å². The Kier molecular flexibility index (Phi) is 5.87. The van der Waals surface area contributed by atoms with Crippen molar-refractivity contribution in [1.82, 2.24) is 0 Å². The van der Waals surface area contributed by atoms with E-state index in [2.05, 4.69) is 48.6 Å². The van der Waals surface area contributed by atoms with Crippen LogP contribution >= 0.6 is 0 Å². The van der Waals surface area contributed by atoms with E-state index in [9.17, 15) is 0 Å². The molecular formula is C13H18. The maximum atomic E-state index is 2.12. The van der Waals surface area contributed by atoms with Crippen LogP contribution in [-0.4, -0.2) is 0 Å². The van der Waals surface area contributed by atoms with Gasteiger partial charge in [-0.1, -0.05) is 67.9 Å². The third-order valence-corrected chi connectivity index (χ3v) is 1.66. The smallest absolute Gasteiger partial charge is 0.0163 e. The predicted molar refractivity (Wildman–Crippen MR) is 59.6 cm³/mol. The van der Waals surface area contributed by atoms with Crippen LogP contribution in [0.4, 0.5) is 0 Å². The first-order valence-electron chi connectivity index (χ1n) is 5.13. The zero-order valence-corrected chi connectivity index (χ0v) is 8.15. The lowest BCUT2D eigenvalue weighted by Crippen LogP contribution is -1.37. The molecule has 0 bridgehead atoms. The quantitative estimate of drug-likeness (QED) is 0.517. The third-order valence-electron chi connectivity index (χ3n) is 1.66. The van der Waals surface area contributed by atoms with E-state index in [0.717, 1.165) is 12.8 Å². The van der Waals surface area contributed by atoms with E-state index in [1.165, 1.54) is 19.3 Å². The van der Waals surface area contributed by atoms with Crippen molar-refractivity contribution >= 4 is 0 Å². The summed E-state index contributed by atoms with van der Waals surface area (Å²) in [6.07, 6.45) is 23.5. The Bertz CT molecular complexity index is 169. The summed E-state index contributed by atoms with van der Waals surface area (Å²) < 4.78 is 0. The molecular weight excluding hydrogens is 156 g/mol. The van der Waals surface area contributed by atoms with E-state index in [1.807, 2.05) is 0 Å². The molecule has 13 heavy (non-hydrogen) atoms. The summed E-state index contributed by atoms with van der Waals surface area (Å²) in [6, 6.07) is 0. The predicted octanol–water partition coefficient (Wildman–Crippen LogP) is 4.18. The van der Waals surface area contributed by atoms with Crippen molar-refractivity contribution in [1.29, 1.82) is 0 Å². The van der Waals surface area contributed by atoms with Crippen molar-refractivity contribution in [3.05, 3.63) is 48.6 Å². The van der Waals surface area contributed by atoms with E-state index in [4.69, 9.17) is 0 Å². The summed E-state index contributed by atoms with van der Waals surface area (Å²) in [5, 5.41) is 0. The Morgan fingerprint density at radius 2 is 0.769 bits per heavy atom. The molecule has 70 valence electrons. The second-order valence-electron chi connectivity index (χ2n) is 3.24. The lowest BCUT2D eigenvalue weighted by Gasteiger charge is -1.57. The van der Waals surface area contributed by atoms with Crippen molar-refractivity contribution in [2.24, 2.45) is 0 Å². The van der Waals surface area contributed by atoms with Gasteiger partial charge in [0, 0.05) is 0 Å². The summed E-state index contributed by atoms with van der Waals surface area (Å²) in [5.74, 6) is 0. The van der Waals surface area contributed by atoms with Crippen LogP contribution in [0.15, 0.2) is 48.6 Å². The van der Waals surface area contributed by atoms with Crippen LogP contribution < -0.4 is 0 Å². The lowest BCUT2D eigenvalue weighted by atomic mass is 10.5. The van der Waals surface area contributed by atoms with E-state index in [0.29, 0.717) is 0 Å². The number of rotatable bonds is 0. The van der Waals surface area contributed by atoms with Crippen LogP contribution in [-0.2, 0) is 0 Å². The molecule has 0 aliphatic heterocycles. The van der Waals surface area contributed by atoms with E-state index in [1.54, 1.807) is 0 Å². The van der Waals surface area contributed by atoms with E-state index in [-0.39, 0.29) is 0 Å². The van der Waals surface area contributed by atoms with Gasteiger partial charge in [-0.05, 0) is 12.8 Å². The molecule has 0 saturated heterocycles. The summed E-state index contributed by atoms with van der Waals surface area (Å²) in [6.45, 7) is 0. The first kappa shape index (κ1) is 10.0. The fraction of sp³-hybridized carbons (Fsp3) is 0.385. The highest BCUT2D eigenvalue weighted by Crippen LogP contribution is 2.14. The summed E-state index contributed by atoms with van der Waals surface area (Å²) in [7, 11) is 0. The van der Waals surface area contributed by atoms with Gasteiger partial charge in [0.1, 0.15) is 0 Å². The third kappa shape index (κ3) is 8.87. The van der Waals surface area contributed by atoms with Crippen molar-refractivity contribution in [3.63, 3.8) is 0 Å². The van der Waals surface area contributed by atoms with Crippen molar-refractivity contribution in [3.8, 4) is 0 Å².